The van der Waals surface area contributed by atoms with Gasteiger partial charge in [0.05, 0.1) is 32.2 Å². The molecule has 2 aromatic heterocycles. The largest absolute Gasteiger partial charge is 0.493 e. The summed E-state index contributed by atoms with van der Waals surface area (Å²) in [6.45, 7) is 4.73. The van der Waals surface area contributed by atoms with E-state index in [9.17, 15) is 4.39 Å². The third-order valence-corrected chi connectivity index (χ3v) is 8.23. The SMILES string of the molecule is COc1ccc(C(C)(C)c2c(Br)nc(SCCOc3ccc(-n4cccn4)cc3)n2-c2ccc(F)cc2)cc1OC. The summed E-state index contributed by atoms with van der Waals surface area (Å²) < 4.78 is 35.5. The highest BCUT2D eigenvalue weighted by Gasteiger charge is 2.33. The maximum absolute atomic E-state index is 13.9. The molecular weight excluding hydrogens is 607 g/mol. The minimum Gasteiger partial charge on any atom is -0.493 e. The van der Waals surface area contributed by atoms with Gasteiger partial charge in [-0.15, -0.1) is 0 Å². The van der Waals surface area contributed by atoms with Gasteiger partial charge in [-0.1, -0.05) is 31.7 Å². The number of thioether (sulfide) groups is 1. The van der Waals surface area contributed by atoms with E-state index in [1.54, 1.807) is 49.0 Å². The van der Waals surface area contributed by atoms with Gasteiger partial charge in [0.2, 0.25) is 0 Å². The second kappa shape index (κ2) is 12.4. The summed E-state index contributed by atoms with van der Waals surface area (Å²) in [6, 6.07) is 22.0. The van der Waals surface area contributed by atoms with Crippen LogP contribution < -0.4 is 14.2 Å². The number of imidazole rings is 1. The van der Waals surface area contributed by atoms with Crippen molar-refractivity contribution in [2.24, 2.45) is 0 Å². The summed E-state index contributed by atoms with van der Waals surface area (Å²) in [7, 11) is 3.24. The van der Waals surface area contributed by atoms with Gasteiger partial charge in [0.15, 0.2) is 16.7 Å². The van der Waals surface area contributed by atoms with Gasteiger partial charge >= 0.3 is 0 Å². The van der Waals surface area contributed by atoms with Crippen molar-refractivity contribution >= 4 is 27.7 Å². The molecule has 0 saturated carbocycles. The van der Waals surface area contributed by atoms with Crippen LogP contribution in [0.25, 0.3) is 11.4 Å². The Morgan fingerprint density at radius 3 is 2.29 bits per heavy atom. The predicted molar refractivity (Wildman–Crippen MR) is 163 cm³/mol. The van der Waals surface area contributed by atoms with Gasteiger partial charge in [0.25, 0.3) is 0 Å². The quantitative estimate of drug-likeness (QED) is 0.111. The highest BCUT2D eigenvalue weighted by molar-refractivity contribution is 9.10. The van der Waals surface area contributed by atoms with Crippen LogP contribution in [0.1, 0.15) is 25.1 Å². The van der Waals surface area contributed by atoms with E-state index in [4.69, 9.17) is 19.2 Å². The molecule has 0 fully saturated rings. The predicted octanol–water partition coefficient (Wildman–Crippen LogP) is 7.47. The van der Waals surface area contributed by atoms with Crippen molar-refractivity contribution in [1.82, 2.24) is 19.3 Å². The number of rotatable bonds is 11. The summed E-state index contributed by atoms with van der Waals surface area (Å²) in [5.41, 5.74) is 3.20. The first kappa shape index (κ1) is 28.8. The molecule has 212 valence electrons. The van der Waals surface area contributed by atoms with Crippen LogP contribution >= 0.6 is 27.7 Å². The zero-order chi connectivity index (χ0) is 29.0. The van der Waals surface area contributed by atoms with Gasteiger partial charge in [0.1, 0.15) is 16.2 Å². The number of ether oxygens (including phenoxy) is 3. The van der Waals surface area contributed by atoms with E-state index in [1.807, 2.05) is 54.7 Å². The van der Waals surface area contributed by atoms with Crippen LogP contribution in [0.3, 0.4) is 0 Å². The number of halogens is 2. The highest BCUT2D eigenvalue weighted by atomic mass is 79.9. The van der Waals surface area contributed by atoms with Gasteiger partial charge < -0.3 is 14.2 Å². The Balaban J connectivity index is 1.40. The molecule has 10 heteroatoms. The molecule has 0 radical (unpaired) electrons. The molecule has 0 aliphatic carbocycles. The number of hydrogen-bond acceptors (Lipinski definition) is 6. The zero-order valence-electron chi connectivity index (χ0n) is 23.2. The van der Waals surface area contributed by atoms with Crippen LogP contribution in [0.15, 0.2) is 94.9 Å². The molecule has 5 aromatic rings. The Morgan fingerprint density at radius 1 is 0.927 bits per heavy atom. The molecule has 0 N–H and O–H groups in total. The van der Waals surface area contributed by atoms with Crippen molar-refractivity contribution in [3.8, 4) is 28.6 Å². The monoisotopic (exact) mass is 636 g/mol. The number of nitrogens with zero attached hydrogens (tertiary/aromatic N) is 4. The zero-order valence-corrected chi connectivity index (χ0v) is 25.6. The van der Waals surface area contributed by atoms with Crippen molar-refractivity contribution < 1.29 is 18.6 Å². The summed E-state index contributed by atoms with van der Waals surface area (Å²) >= 11 is 5.30. The minimum atomic E-state index is -0.509. The summed E-state index contributed by atoms with van der Waals surface area (Å²) in [5, 5.41) is 5.02. The van der Waals surface area contributed by atoms with Gasteiger partial charge in [0, 0.05) is 29.2 Å². The van der Waals surface area contributed by atoms with Crippen LogP contribution in [0.4, 0.5) is 4.39 Å². The van der Waals surface area contributed by atoms with E-state index in [2.05, 4.69) is 39.4 Å². The van der Waals surface area contributed by atoms with Crippen LogP contribution in [-0.4, -0.2) is 45.9 Å². The maximum Gasteiger partial charge on any atom is 0.174 e. The first-order valence-corrected chi connectivity index (χ1v) is 14.7. The molecular formula is C31H30BrFN4O3S. The molecule has 0 atom stereocenters. The first-order valence-electron chi connectivity index (χ1n) is 12.9. The van der Waals surface area contributed by atoms with E-state index < -0.39 is 5.41 Å². The van der Waals surface area contributed by atoms with Crippen LogP contribution in [-0.2, 0) is 5.41 Å². The van der Waals surface area contributed by atoms with E-state index in [-0.39, 0.29) is 5.82 Å². The molecule has 41 heavy (non-hydrogen) atoms. The fourth-order valence-electron chi connectivity index (χ4n) is 4.61. The average molecular weight is 638 g/mol. The van der Waals surface area contributed by atoms with Gasteiger partial charge in [-0.25, -0.2) is 14.1 Å². The first-order chi connectivity index (χ1) is 19.8. The standard InChI is InChI=1S/C31H30BrFN4O3S/c1-31(2,21-6-15-26(38-3)27(20-21)39-4)28-29(32)35-30(37(28)24-9-7-22(33)8-10-24)41-19-18-40-25-13-11-23(12-14-25)36-17-5-16-34-36/h5-17,20H,18-19H2,1-4H3. The second-order valence-electron chi connectivity index (χ2n) is 9.68. The number of hydrogen-bond donors (Lipinski definition) is 0. The topological polar surface area (TPSA) is 63.3 Å². The lowest BCUT2D eigenvalue weighted by Crippen LogP contribution is -2.24. The van der Waals surface area contributed by atoms with E-state index in [1.165, 1.54) is 12.1 Å². The lowest BCUT2D eigenvalue weighted by atomic mass is 9.81. The Labute approximate surface area is 251 Å². The Bertz CT molecular complexity index is 1600. The third kappa shape index (κ3) is 6.13. The van der Waals surface area contributed by atoms with Crippen molar-refractivity contribution in [1.29, 1.82) is 0 Å². The molecule has 7 nitrogen and oxygen atoms in total. The number of aromatic nitrogens is 4. The van der Waals surface area contributed by atoms with Gasteiger partial charge in [-0.3, -0.25) is 4.57 Å². The van der Waals surface area contributed by atoms with E-state index in [0.717, 1.165) is 33.5 Å². The Kier molecular flexibility index (Phi) is 8.70. The van der Waals surface area contributed by atoms with Crippen LogP contribution in [0, 0.1) is 5.82 Å². The average Bonchev–Trinajstić information content (AvgIpc) is 3.64. The molecule has 0 amide bonds. The molecule has 0 aliphatic rings. The van der Waals surface area contributed by atoms with Gasteiger partial charge in [-0.2, -0.15) is 5.10 Å². The Hall–Kier alpha value is -3.76. The second-order valence-corrected chi connectivity index (χ2v) is 11.5. The fraction of sp³-hybridized carbons (Fsp3) is 0.226. The molecule has 5 rings (SSSR count). The summed E-state index contributed by atoms with van der Waals surface area (Å²) in [5.74, 6) is 2.44. The molecule has 3 aromatic carbocycles. The Morgan fingerprint density at radius 2 is 1.63 bits per heavy atom. The van der Waals surface area contributed by atoms with Gasteiger partial charge in [-0.05, 0) is 88.2 Å². The highest BCUT2D eigenvalue weighted by Crippen LogP contribution is 2.42. The summed E-state index contributed by atoms with van der Waals surface area (Å²) in [4.78, 5) is 4.89. The normalized spacial score (nSPS) is 11.5. The maximum atomic E-state index is 13.9. The molecule has 0 bridgehead atoms. The molecule has 2 heterocycles. The molecule has 0 aliphatic heterocycles. The van der Waals surface area contributed by atoms with Crippen LogP contribution in [0.2, 0.25) is 0 Å². The molecule has 0 spiro atoms. The van der Waals surface area contributed by atoms with Crippen LogP contribution in [0.5, 0.6) is 17.2 Å². The number of methoxy groups -OCH3 is 2. The van der Waals surface area contributed by atoms with Crippen molar-refractivity contribution in [2.75, 3.05) is 26.6 Å². The van der Waals surface area contributed by atoms with E-state index in [0.29, 0.717) is 28.5 Å². The minimum absolute atomic E-state index is 0.296. The fourth-order valence-corrected chi connectivity index (χ4v) is 6.40. The molecule has 0 unspecified atom stereocenters. The molecule has 0 saturated heterocycles. The third-order valence-electron chi connectivity index (χ3n) is 6.78. The lowest BCUT2D eigenvalue weighted by Gasteiger charge is -2.28. The van der Waals surface area contributed by atoms with Crippen molar-refractivity contribution in [3.05, 3.63) is 107 Å². The smallest absolute Gasteiger partial charge is 0.174 e. The van der Waals surface area contributed by atoms with E-state index >= 15 is 0 Å². The van der Waals surface area contributed by atoms with Crippen molar-refractivity contribution in [3.63, 3.8) is 0 Å². The van der Waals surface area contributed by atoms with Crippen molar-refractivity contribution in [2.45, 2.75) is 24.4 Å². The lowest BCUT2D eigenvalue weighted by molar-refractivity contribution is 0.344. The summed E-state index contributed by atoms with van der Waals surface area (Å²) in [6.07, 6.45) is 3.64. The number of benzene rings is 3.